The lowest BCUT2D eigenvalue weighted by atomic mass is 9.81. The fraction of sp³-hybridized carbons (Fsp3) is 0.700. The molecule has 0 amide bonds. The van der Waals surface area contributed by atoms with Crippen LogP contribution < -0.4 is 0 Å². The Hall–Kier alpha value is -0.790. The maximum atomic E-state index is 10.8. The molecule has 0 aromatic carbocycles. The van der Waals surface area contributed by atoms with Crippen molar-refractivity contribution in [2.24, 2.45) is 17.8 Å². The molecule has 0 aromatic heterocycles. The number of carboxylic acid groups (broad SMARTS) is 1. The Kier molecular flexibility index (Phi) is 1.91. The zero-order chi connectivity index (χ0) is 8.55. The Morgan fingerprint density at radius 1 is 1.25 bits per heavy atom. The molecule has 3 atom stereocenters. The molecular weight excluding hydrogens is 152 g/mol. The maximum Gasteiger partial charge on any atom is 0.306 e. The summed E-state index contributed by atoms with van der Waals surface area (Å²) in [5.74, 6) is 0.460. The Morgan fingerprint density at radius 2 is 2.00 bits per heavy atom. The van der Waals surface area contributed by atoms with Gasteiger partial charge in [-0.2, -0.15) is 0 Å². The van der Waals surface area contributed by atoms with Gasteiger partial charge in [0, 0.05) is 0 Å². The highest BCUT2D eigenvalue weighted by atomic mass is 16.4. The van der Waals surface area contributed by atoms with E-state index in [9.17, 15) is 4.79 Å². The van der Waals surface area contributed by atoms with Crippen LogP contribution in [0.15, 0.2) is 12.2 Å². The smallest absolute Gasteiger partial charge is 0.306 e. The van der Waals surface area contributed by atoms with E-state index in [4.69, 9.17) is 5.11 Å². The van der Waals surface area contributed by atoms with Gasteiger partial charge in [-0.05, 0) is 37.5 Å². The van der Waals surface area contributed by atoms with Gasteiger partial charge in [-0.1, -0.05) is 12.2 Å². The van der Waals surface area contributed by atoms with Gasteiger partial charge in [0.15, 0.2) is 0 Å². The van der Waals surface area contributed by atoms with Gasteiger partial charge in [0.2, 0.25) is 0 Å². The Labute approximate surface area is 72.3 Å². The second kappa shape index (κ2) is 2.92. The number of fused-ring (bicyclic) bond motifs is 1. The lowest BCUT2D eigenvalue weighted by Crippen LogP contribution is -2.22. The summed E-state index contributed by atoms with van der Waals surface area (Å²) in [5.41, 5.74) is 0. The van der Waals surface area contributed by atoms with Crippen LogP contribution in [0.1, 0.15) is 25.7 Å². The first-order valence-electron chi connectivity index (χ1n) is 4.67. The normalized spacial score (nSPS) is 39.5. The fourth-order valence-corrected chi connectivity index (χ4v) is 2.63. The summed E-state index contributed by atoms with van der Waals surface area (Å²) < 4.78 is 0. The molecule has 0 aromatic rings. The van der Waals surface area contributed by atoms with Crippen LogP contribution in [0, 0.1) is 17.8 Å². The minimum Gasteiger partial charge on any atom is -0.481 e. The molecule has 0 radical (unpaired) electrons. The Balaban J connectivity index is 2.11. The molecule has 1 saturated carbocycles. The number of aliphatic carboxylic acids is 1. The summed E-state index contributed by atoms with van der Waals surface area (Å²) in [7, 11) is 0. The molecule has 0 bridgehead atoms. The molecule has 2 nitrogen and oxygen atoms in total. The van der Waals surface area contributed by atoms with E-state index in [2.05, 4.69) is 12.2 Å². The van der Waals surface area contributed by atoms with Crippen LogP contribution in [-0.4, -0.2) is 11.1 Å². The highest BCUT2D eigenvalue weighted by Gasteiger charge is 2.39. The topological polar surface area (TPSA) is 37.3 Å². The molecule has 2 aliphatic carbocycles. The molecule has 0 aliphatic heterocycles. The van der Waals surface area contributed by atoms with E-state index in [0.29, 0.717) is 11.8 Å². The van der Waals surface area contributed by atoms with E-state index in [1.807, 2.05) is 0 Å². The van der Waals surface area contributed by atoms with Gasteiger partial charge in [0.1, 0.15) is 0 Å². The average molecular weight is 166 g/mol. The summed E-state index contributed by atoms with van der Waals surface area (Å²) in [6.45, 7) is 0. The van der Waals surface area contributed by atoms with Crippen LogP contribution in [0.25, 0.3) is 0 Å². The van der Waals surface area contributed by atoms with Crippen molar-refractivity contribution in [2.75, 3.05) is 0 Å². The van der Waals surface area contributed by atoms with Gasteiger partial charge < -0.3 is 5.11 Å². The first-order chi connectivity index (χ1) is 5.79. The summed E-state index contributed by atoms with van der Waals surface area (Å²) in [4.78, 5) is 10.8. The van der Waals surface area contributed by atoms with Crippen LogP contribution in [0.2, 0.25) is 0 Å². The number of hydrogen-bond donors (Lipinski definition) is 1. The minimum absolute atomic E-state index is 0.0556. The summed E-state index contributed by atoms with van der Waals surface area (Å²) in [6, 6.07) is 0. The summed E-state index contributed by atoms with van der Waals surface area (Å²) in [6.07, 6.45) is 8.45. The Bertz CT molecular complexity index is 220. The van der Waals surface area contributed by atoms with Crippen LogP contribution in [0.4, 0.5) is 0 Å². The fourth-order valence-electron chi connectivity index (χ4n) is 2.63. The van der Waals surface area contributed by atoms with Crippen molar-refractivity contribution in [3.8, 4) is 0 Å². The molecule has 2 heteroatoms. The van der Waals surface area contributed by atoms with Crippen molar-refractivity contribution in [2.45, 2.75) is 25.7 Å². The second-order valence-electron chi connectivity index (χ2n) is 3.89. The van der Waals surface area contributed by atoms with Crippen LogP contribution >= 0.6 is 0 Å². The van der Waals surface area contributed by atoms with E-state index in [0.717, 1.165) is 25.7 Å². The maximum absolute atomic E-state index is 10.8. The zero-order valence-corrected chi connectivity index (χ0v) is 7.07. The van der Waals surface area contributed by atoms with Gasteiger partial charge in [-0.15, -0.1) is 0 Å². The Morgan fingerprint density at radius 3 is 2.75 bits per heavy atom. The van der Waals surface area contributed by atoms with Crippen molar-refractivity contribution in [1.29, 1.82) is 0 Å². The molecule has 12 heavy (non-hydrogen) atoms. The molecule has 1 unspecified atom stereocenters. The van der Waals surface area contributed by atoms with Crippen molar-refractivity contribution in [1.82, 2.24) is 0 Å². The number of carbonyl (C=O) groups is 1. The largest absolute Gasteiger partial charge is 0.481 e. The lowest BCUT2D eigenvalue weighted by molar-refractivity contribution is -0.143. The molecule has 1 N–H and O–H groups in total. The van der Waals surface area contributed by atoms with E-state index in [1.165, 1.54) is 0 Å². The average Bonchev–Trinajstić information content (AvgIpc) is 2.47. The van der Waals surface area contributed by atoms with Gasteiger partial charge in [0.05, 0.1) is 5.92 Å². The SMILES string of the molecule is O=C(O)C1CC[C@@H]2CC=CC[C@@H]12. The first kappa shape index (κ1) is 7.84. The number of rotatable bonds is 1. The predicted molar refractivity (Wildman–Crippen MR) is 45.7 cm³/mol. The monoisotopic (exact) mass is 166 g/mol. The van der Waals surface area contributed by atoms with Gasteiger partial charge in [0.25, 0.3) is 0 Å². The third-order valence-corrected chi connectivity index (χ3v) is 3.30. The molecule has 2 rings (SSSR count). The van der Waals surface area contributed by atoms with Crippen molar-refractivity contribution >= 4 is 5.97 Å². The van der Waals surface area contributed by atoms with Gasteiger partial charge in [-0.3, -0.25) is 4.79 Å². The molecule has 66 valence electrons. The van der Waals surface area contributed by atoms with Crippen molar-refractivity contribution < 1.29 is 9.90 Å². The van der Waals surface area contributed by atoms with Crippen molar-refractivity contribution in [3.05, 3.63) is 12.2 Å². The van der Waals surface area contributed by atoms with Gasteiger partial charge in [-0.25, -0.2) is 0 Å². The van der Waals surface area contributed by atoms with Gasteiger partial charge >= 0.3 is 5.97 Å². The molecule has 0 saturated heterocycles. The standard InChI is InChI=1S/C10H14O2/c11-10(12)9-6-5-7-3-1-2-4-8(7)9/h1-2,7-9H,3-6H2,(H,11,12)/t7-,8+,9?/m0/s1. The highest BCUT2D eigenvalue weighted by molar-refractivity contribution is 5.70. The molecule has 0 heterocycles. The quantitative estimate of drug-likeness (QED) is 0.605. The van der Waals surface area contributed by atoms with Crippen molar-refractivity contribution in [3.63, 3.8) is 0 Å². The first-order valence-corrected chi connectivity index (χ1v) is 4.67. The highest BCUT2D eigenvalue weighted by Crippen LogP contribution is 2.43. The molecular formula is C10H14O2. The number of allylic oxidation sites excluding steroid dienone is 2. The zero-order valence-electron chi connectivity index (χ0n) is 7.07. The third-order valence-electron chi connectivity index (χ3n) is 3.30. The van der Waals surface area contributed by atoms with E-state index in [1.54, 1.807) is 0 Å². The van der Waals surface area contributed by atoms with E-state index < -0.39 is 5.97 Å². The van der Waals surface area contributed by atoms with E-state index >= 15 is 0 Å². The van der Waals surface area contributed by atoms with Crippen LogP contribution in [-0.2, 0) is 4.79 Å². The van der Waals surface area contributed by atoms with Crippen LogP contribution in [0.5, 0.6) is 0 Å². The third kappa shape index (κ3) is 1.15. The molecule has 2 aliphatic rings. The lowest BCUT2D eigenvalue weighted by Gasteiger charge is -2.23. The minimum atomic E-state index is -0.585. The van der Waals surface area contributed by atoms with E-state index in [-0.39, 0.29) is 5.92 Å². The number of carboxylic acids is 1. The predicted octanol–water partition coefficient (Wildman–Crippen LogP) is 2.06. The number of hydrogen-bond acceptors (Lipinski definition) is 1. The molecule has 0 spiro atoms. The molecule has 1 fully saturated rings. The summed E-state index contributed by atoms with van der Waals surface area (Å²) >= 11 is 0. The second-order valence-corrected chi connectivity index (χ2v) is 3.89. The summed E-state index contributed by atoms with van der Waals surface area (Å²) in [5, 5.41) is 8.93. The van der Waals surface area contributed by atoms with Crippen LogP contribution in [0.3, 0.4) is 0 Å².